The minimum absolute atomic E-state index is 0.572. The van der Waals surface area contributed by atoms with E-state index in [1.54, 1.807) is 12.1 Å². The first-order chi connectivity index (χ1) is 10.1. The molecule has 2 nitrogen and oxygen atoms in total. The molecule has 21 heavy (non-hydrogen) atoms. The van der Waals surface area contributed by atoms with Gasteiger partial charge in [-0.2, -0.15) is 0 Å². The smallest absolute Gasteiger partial charge is 0.173 e. The summed E-state index contributed by atoms with van der Waals surface area (Å²) in [5, 5.41) is 5.08. The van der Waals surface area contributed by atoms with Gasteiger partial charge in [0.1, 0.15) is 0 Å². The predicted octanol–water partition coefficient (Wildman–Crippen LogP) is 4.75. The van der Waals surface area contributed by atoms with Crippen molar-refractivity contribution in [3.8, 4) is 0 Å². The second-order valence-corrected chi connectivity index (χ2v) is 6.22. The molecular weight excluding hydrogens is 323 g/mol. The molecule has 0 atom stereocenters. The van der Waals surface area contributed by atoms with E-state index >= 15 is 0 Å². The van der Waals surface area contributed by atoms with E-state index in [0.717, 1.165) is 25.2 Å². The summed E-state index contributed by atoms with van der Waals surface area (Å²) in [6.45, 7) is 1.74. The zero-order valence-electron chi connectivity index (χ0n) is 11.3. The first kappa shape index (κ1) is 14.6. The molecule has 1 aliphatic rings. The van der Waals surface area contributed by atoms with E-state index in [9.17, 15) is 0 Å². The molecule has 0 radical (unpaired) electrons. The molecule has 0 fully saturated rings. The molecule has 1 heterocycles. The molecule has 0 aromatic heterocycles. The molecule has 0 spiro atoms. The van der Waals surface area contributed by atoms with Crippen LogP contribution in [-0.2, 0) is 13.0 Å². The molecule has 108 valence electrons. The summed E-state index contributed by atoms with van der Waals surface area (Å²) < 4.78 is 0. The van der Waals surface area contributed by atoms with Crippen LogP contribution in [0.25, 0.3) is 0 Å². The molecular formula is C16H14Cl2N2S. The Morgan fingerprint density at radius 2 is 1.86 bits per heavy atom. The SMILES string of the molecule is S=C(Nc1ccc(Cl)cc1Cl)N1CCc2ccccc2C1. The minimum Gasteiger partial charge on any atom is -0.344 e. The molecule has 0 amide bonds. The fraction of sp³-hybridized carbons (Fsp3) is 0.188. The van der Waals surface area contributed by atoms with Gasteiger partial charge in [0.25, 0.3) is 0 Å². The third-order valence-electron chi connectivity index (χ3n) is 3.59. The summed E-state index contributed by atoms with van der Waals surface area (Å²) in [4.78, 5) is 2.16. The Hall–Kier alpha value is -1.29. The van der Waals surface area contributed by atoms with Crippen LogP contribution in [0.3, 0.4) is 0 Å². The Labute approximate surface area is 139 Å². The van der Waals surface area contributed by atoms with Crippen LogP contribution in [0.15, 0.2) is 42.5 Å². The van der Waals surface area contributed by atoms with E-state index in [4.69, 9.17) is 35.4 Å². The number of halogens is 2. The second kappa shape index (κ2) is 6.22. The first-order valence-corrected chi connectivity index (χ1v) is 7.87. The number of hydrogen-bond acceptors (Lipinski definition) is 1. The van der Waals surface area contributed by atoms with Crippen LogP contribution < -0.4 is 5.32 Å². The van der Waals surface area contributed by atoms with Crippen molar-refractivity contribution in [1.29, 1.82) is 0 Å². The Kier molecular flexibility index (Phi) is 4.34. The highest BCUT2D eigenvalue weighted by Gasteiger charge is 2.18. The average Bonchev–Trinajstić information content (AvgIpc) is 2.49. The molecule has 0 unspecified atom stereocenters. The van der Waals surface area contributed by atoms with Gasteiger partial charge >= 0.3 is 0 Å². The standard InChI is InChI=1S/C16H14Cl2N2S/c17-13-5-6-15(14(18)9-13)19-16(21)20-8-7-11-3-1-2-4-12(11)10-20/h1-6,9H,7-8,10H2,(H,19,21). The molecule has 1 aliphatic heterocycles. The summed E-state index contributed by atoms with van der Waals surface area (Å²) in [6.07, 6.45) is 1.01. The average molecular weight is 337 g/mol. The molecule has 0 saturated heterocycles. The predicted molar refractivity (Wildman–Crippen MR) is 93.2 cm³/mol. The topological polar surface area (TPSA) is 15.3 Å². The minimum atomic E-state index is 0.572. The van der Waals surface area contributed by atoms with Crippen molar-refractivity contribution in [3.63, 3.8) is 0 Å². The monoisotopic (exact) mass is 336 g/mol. The summed E-state index contributed by atoms with van der Waals surface area (Å²) in [6, 6.07) is 13.8. The van der Waals surface area contributed by atoms with Gasteiger partial charge in [0.15, 0.2) is 5.11 Å². The zero-order valence-corrected chi connectivity index (χ0v) is 13.6. The lowest BCUT2D eigenvalue weighted by atomic mass is 10.0. The highest BCUT2D eigenvalue weighted by Crippen LogP contribution is 2.26. The third kappa shape index (κ3) is 3.31. The number of fused-ring (bicyclic) bond motifs is 1. The third-order valence-corrected chi connectivity index (χ3v) is 4.50. The van der Waals surface area contributed by atoms with E-state index in [0.29, 0.717) is 15.2 Å². The van der Waals surface area contributed by atoms with E-state index in [1.807, 2.05) is 6.07 Å². The van der Waals surface area contributed by atoms with Gasteiger partial charge in [0.05, 0.1) is 10.7 Å². The summed E-state index contributed by atoms with van der Waals surface area (Å²) >= 11 is 17.6. The van der Waals surface area contributed by atoms with Crippen LogP contribution in [0.1, 0.15) is 11.1 Å². The van der Waals surface area contributed by atoms with Crippen molar-refractivity contribution in [3.05, 3.63) is 63.6 Å². The molecule has 0 saturated carbocycles. The number of anilines is 1. The zero-order chi connectivity index (χ0) is 14.8. The fourth-order valence-corrected chi connectivity index (χ4v) is 3.18. The van der Waals surface area contributed by atoms with Crippen molar-refractivity contribution >= 4 is 46.2 Å². The fourth-order valence-electron chi connectivity index (χ4n) is 2.45. The Balaban J connectivity index is 1.72. The van der Waals surface area contributed by atoms with Crippen LogP contribution in [0.4, 0.5) is 5.69 Å². The highest BCUT2D eigenvalue weighted by atomic mass is 35.5. The number of benzene rings is 2. The van der Waals surface area contributed by atoms with Crippen molar-refractivity contribution in [2.75, 3.05) is 11.9 Å². The molecule has 3 rings (SSSR count). The van der Waals surface area contributed by atoms with Crippen molar-refractivity contribution in [2.45, 2.75) is 13.0 Å². The second-order valence-electron chi connectivity index (χ2n) is 4.99. The van der Waals surface area contributed by atoms with Crippen LogP contribution in [0, 0.1) is 0 Å². The maximum absolute atomic E-state index is 6.17. The van der Waals surface area contributed by atoms with E-state index in [-0.39, 0.29) is 0 Å². The molecule has 0 bridgehead atoms. The van der Waals surface area contributed by atoms with Crippen LogP contribution in [0.2, 0.25) is 10.0 Å². The van der Waals surface area contributed by atoms with Crippen molar-refractivity contribution in [2.24, 2.45) is 0 Å². The number of thiocarbonyl (C=S) groups is 1. The molecule has 2 aromatic carbocycles. The van der Waals surface area contributed by atoms with E-state index in [2.05, 4.69) is 34.5 Å². The van der Waals surface area contributed by atoms with Gasteiger partial charge in [0, 0.05) is 18.1 Å². The van der Waals surface area contributed by atoms with Crippen molar-refractivity contribution < 1.29 is 0 Å². The normalized spacial score (nSPS) is 13.7. The molecule has 1 N–H and O–H groups in total. The van der Waals surface area contributed by atoms with E-state index in [1.165, 1.54) is 11.1 Å². The lowest BCUT2D eigenvalue weighted by Crippen LogP contribution is -2.38. The van der Waals surface area contributed by atoms with Gasteiger partial charge in [-0.25, -0.2) is 0 Å². The number of hydrogen-bond donors (Lipinski definition) is 1. The van der Waals surface area contributed by atoms with Gasteiger partial charge in [-0.3, -0.25) is 0 Å². The summed E-state index contributed by atoms with van der Waals surface area (Å²) in [5.41, 5.74) is 3.51. The Morgan fingerprint density at radius 1 is 1.10 bits per heavy atom. The van der Waals surface area contributed by atoms with Crippen LogP contribution in [-0.4, -0.2) is 16.6 Å². The van der Waals surface area contributed by atoms with Crippen LogP contribution >= 0.6 is 35.4 Å². The van der Waals surface area contributed by atoms with Crippen LogP contribution in [0.5, 0.6) is 0 Å². The van der Waals surface area contributed by atoms with Crippen molar-refractivity contribution in [1.82, 2.24) is 4.90 Å². The Bertz CT molecular complexity index is 688. The number of nitrogens with one attached hydrogen (secondary N) is 1. The maximum atomic E-state index is 6.17. The first-order valence-electron chi connectivity index (χ1n) is 6.71. The van der Waals surface area contributed by atoms with Gasteiger partial charge in [-0.1, -0.05) is 47.5 Å². The molecule has 0 aliphatic carbocycles. The van der Waals surface area contributed by atoms with Gasteiger partial charge in [-0.05, 0) is 48.0 Å². The summed E-state index contributed by atoms with van der Waals surface area (Å²) in [5.74, 6) is 0. The van der Waals surface area contributed by atoms with Gasteiger partial charge in [0.2, 0.25) is 0 Å². The molecule has 2 aromatic rings. The van der Waals surface area contributed by atoms with Gasteiger partial charge < -0.3 is 10.2 Å². The quantitative estimate of drug-likeness (QED) is 0.756. The number of rotatable bonds is 1. The maximum Gasteiger partial charge on any atom is 0.173 e. The highest BCUT2D eigenvalue weighted by molar-refractivity contribution is 7.80. The number of nitrogens with zero attached hydrogens (tertiary/aromatic N) is 1. The van der Waals surface area contributed by atoms with Gasteiger partial charge in [-0.15, -0.1) is 0 Å². The lowest BCUT2D eigenvalue weighted by molar-refractivity contribution is 0.399. The largest absolute Gasteiger partial charge is 0.344 e. The Morgan fingerprint density at radius 3 is 2.62 bits per heavy atom. The molecule has 5 heteroatoms. The van der Waals surface area contributed by atoms with E-state index < -0.39 is 0 Å². The summed E-state index contributed by atoms with van der Waals surface area (Å²) in [7, 11) is 0. The lowest BCUT2D eigenvalue weighted by Gasteiger charge is -2.31.